The molecule has 0 amide bonds. The minimum atomic E-state index is 0.702. The lowest BCUT2D eigenvalue weighted by molar-refractivity contribution is 0.940. The van der Waals surface area contributed by atoms with Crippen LogP contribution in [0, 0.1) is 6.92 Å². The van der Waals surface area contributed by atoms with E-state index in [1.807, 2.05) is 41.1 Å². The molecule has 2 N–H and O–H groups in total. The minimum Gasteiger partial charge on any atom is -0.399 e. The molecular formula is C19H17N5. The highest BCUT2D eigenvalue weighted by molar-refractivity contribution is 5.80. The number of nitrogen functional groups attached to an aromatic ring is 1. The van der Waals surface area contributed by atoms with Crippen LogP contribution in [-0.2, 0) is 6.42 Å². The first-order valence-corrected chi connectivity index (χ1v) is 7.79. The fraction of sp³-hybridized carbons (Fsp3) is 0.105. The van der Waals surface area contributed by atoms with Crippen molar-refractivity contribution >= 4 is 16.7 Å². The number of benzene rings is 2. The second-order valence-electron chi connectivity index (χ2n) is 5.83. The number of aromatic nitrogens is 4. The van der Waals surface area contributed by atoms with Gasteiger partial charge in [0.1, 0.15) is 6.33 Å². The van der Waals surface area contributed by atoms with E-state index in [4.69, 9.17) is 10.7 Å². The van der Waals surface area contributed by atoms with Crippen molar-refractivity contribution in [2.24, 2.45) is 0 Å². The Kier molecular flexibility index (Phi) is 3.46. The maximum Gasteiger partial charge on any atom is 0.157 e. The highest BCUT2D eigenvalue weighted by atomic mass is 15.1. The van der Waals surface area contributed by atoms with Crippen molar-refractivity contribution in [2.75, 3.05) is 5.73 Å². The van der Waals surface area contributed by atoms with E-state index in [2.05, 4.69) is 29.0 Å². The smallest absolute Gasteiger partial charge is 0.157 e. The third-order valence-electron chi connectivity index (χ3n) is 4.12. The maximum atomic E-state index is 5.90. The zero-order valence-electron chi connectivity index (χ0n) is 13.3. The lowest BCUT2D eigenvalue weighted by Crippen LogP contribution is -2.02. The molecule has 5 nitrogen and oxygen atoms in total. The monoisotopic (exact) mass is 315 g/mol. The molecule has 2 aromatic heterocycles. The van der Waals surface area contributed by atoms with Crippen molar-refractivity contribution in [3.8, 4) is 5.82 Å². The molecule has 118 valence electrons. The summed E-state index contributed by atoms with van der Waals surface area (Å²) in [5.41, 5.74) is 11.8. The van der Waals surface area contributed by atoms with Crippen molar-refractivity contribution in [3.05, 3.63) is 78.0 Å². The average molecular weight is 315 g/mol. The molecule has 5 heteroatoms. The third-order valence-corrected chi connectivity index (χ3v) is 4.12. The van der Waals surface area contributed by atoms with Crippen LogP contribution in [0.3, 0.4) is 0 Å². The van der Waals surface area contributed by atoms with Gasteiger partial charge in [0, 0.05) is 18.3 Å². The number of aryl methyl sites for hydroxylation is 1. The number of nitrogens with two attached hydrogens (primary N) is 1. The van der Waals surface area contributed by atoms with Crippen LogP contribution in [0.4, 0.5) is 5.69 Å². The molecule has 0 bridgehead atoms. The Labute approximate surface area is 139 Å². The van der Waals surface area contributed by atoms with E-state index in [1.165, 1.54) is 11.1 Å². The van der Waals surface area contributed by atoms with Crippen LogP contribution < -0.4 is 5.73 Å². The zero-order valence-corrected chi connectivity index (χ0v) is 13.3. The molecule has 0 aliphatic rings. The Morgan fingerprint density at radius 3 is 2.83 bits per heavy atom. The van der Waals surface area contributed by atoms with Gasteiger partial charge in [0.15, 0.2) is 5.82 Å². The number of fused-ring (bicyclic) bond motifs is 1. The Bertz CT molecular complexity index is 1020. The van der Waals surface area contributed by atoms with Gasteiger partial charge in [0.05, 0.1) is 22.9 Å². The van der Waals surface area contributed by atoms with E-state index in [9.17, 15) is 0 Å². The Hall–Kier alpha value is -3.21. The van der Waals surface area contributed by atoms with Gasteiger partial charge < -0.3 is 5.73 Å². The molecule has 4 aromatic rings. The quantitative estimate of drug-likeness (QED) is 0.589. The molecule has 0 aliphatic heterocycles. The van der Waals surface area contributed by atoms with E-state index in [0.717, 1.165) is 29.0 Å². The molecule has 0 unspecified atom stereocenters. The molecule has 0 atom stereocenters. The van der Waals surface area contributed by atoms with Crippen molar-refractivity contribution in [1.82, 2.24) is 19.5 Å². The number of rotatable bonds is 3. The predicted octanol–water partition coefficient (Wildman–Crippen LogP) is 3.30. The van der Waals surface area contributed by atoms with E-state index in [-0.39, 0.29) is 0 Å². The van der Waals surface area contributed by atoms with Crippen LogP contribution in [0.1, 0.15) is 16.8 Å². The van der Waals surface area contributed by atoms with Gasteiger partial charge in [0.2, 0.25) is 0 Å². The Morgan fingerprint density at radius 2 is 1.96 bits per heavy atom. The van der Waals surface area contributed by atoms with Crippen molar-refractivity contribution in [1.29, 1.82) is 0 Å². The van der Waals surface area contributed by atoms with Crippen molar-refractivity contribution in [2.45, 2.75) is 13.3 Å². The first-order valence-electron chi connectivity index (χ1n) is 7.79. The summed E-state index contributed by atoms with van der Waals surface area (Å²) in [6.45, 7) is 2.11. The second kappa shape index (κ2) is 5.77. The van der Waals surface area contributed by atoms with E-state index < -0.39 is 0 Å². The number of hydrogen-bond donors (Lipinski definition) is 1. The van der Waals surface area contributed by atoms with Gasteiger partial charge in [-0.15, -0.1) is 0 Å². The summed E-state index contributed by atoms with van der Waals surface area (Å²) in [6.07, 6.45) is 6.06. The maximum absolute atomic E-state index is 5.90. The molecule has 24 heavy (non-hydrogen) atoms. The zero-order chi connectivity index (χ0) is 16.5. The highest BCUT2D eigenvalue weighted by Crippen LogP contribution is 2.20. The molecular weight excluding hydrogens is 298 g/mol. The summed E-state index contributed by atoms with van der Waals surface area (Å²) in [5.74, 6) is 0.745. The number of hydrogen-bond acceptors (Lipinski definition) is 4. The number of imidazole rings is 1. The Morgan fingerprint density at radius 1 is 1.08 bits per heavy atom. The van der Waals surface area contributed by atoms with Crippen LogP contribution in [0.25, 0.3) is 16.9 Å². The molecule has 0 saturated carbocycles. The van der Waals surface area contributed by atoms with Crippen LogP contribution in [-0.4, -0.2) is 19.5 Å². The molecule has 0 radical (unpaired) electrons. The lowest BCUT2D eigenvalue weighted by Gasteiger charge is -2.08. The fourth-order valence-electron chi connectivity index (χ4n) is 2.81. The second-order valence-corrected chi connectivity index (χ2v) is 5.83. The first kappa shape index (κ1) is 14.4. The standard InChI is InChI=1S/C19H17N5/c1-13-4-2-3-5-14(13)8-16-10-21-11-19(23-16)24-12-22-17-7-6-15(20)9-18(17)24/h2-7,9-12H,8,20H2,1H3. The average Bonchev–Trinajstić information content (AvgIpc) is 3.00. The first-order chi connectivity index (χ1) is 11.7. The van der Waals surface area contributed by atoms with Gasteiger partial charge in [-0.05, 0) is 36.2 Å². The molecule has 0 aliphatic carbocycles. The summed E-state index contributed by atoms with van der Waals surface area (Å²) in [7, 11) is 0. The Balaban J connectivity index is 1.74. The molecule has 2 aromatic carbocycles. The van der Waals surface area contributed by atoms with Crippen LogP contribution in [0.2, 0.25) is 0 Å². The summed E-state index contributed by atoms with van der Waals surface area (Å²) in [6, 6.07) is 14.0. The van der Waals surface area contributed by atoms with Gasteiger partial charge in [0.25, 0.3) is 0 Å². The van der Waals surface area contributed by atoms with Crippen molar-refractivity contribution in [3.63, 3.8) is 0 Å². The van der Waals surface area contributed by atoms with E-state index in [0.29, 0.717) is 5.69 Å². The summed E-state index contributed by atoms with van der Waals surface area (Å²) in [4.78, 5) is 13.5. The van der Waals surface area contributed by atoms with Crippen molar-refractivity contribution < 1.29 is 0 Å². The minimum absolute atomic E-state index is 0.702. The third kappa shape index (κ3) is 2.60. The molecule has 0 spiro atoms. The van der Waals surface area contributed by atoms with Crippen LogP contribution in [0.5, 0.6) is 0 Å². The van der Waals surface area contributed by atoms with Gasteiger partial charge in [-0.3, -0.25) is 9.55 Å². The van der Waals surface area contributed by atoms with Gasteiger partial charge >= 0.3 is 0 Å². The SMILES string of the molecule is Cc1ccccc1Cc1cncc(-n2cnc3ccc(N)cc32)n1. The molecule has 0 fully saturated rings. The normalized spacial score (nSPS) is 11.0. The van der Waals surface area contributed by atoms with Crippen LogP contribution in [0.15, 0.2) is 61.2 Å². The van der Waals surface area contributed by atoms with Gasteiger partial charge in [-0.1, -0.05) is 24.3 Å². The molecule has 4 rings (SSSR count). The topological polar surface area (TPSA) is 69.6 Å². The van der Waals surface area contributed by atoms with E-state index >= 15 is 0 Å². The largest absolute Gasteiger partial charge is 0.399 e. The van der Waals surface area contributed by atoms with Gasteiger partial charge in [-0.2, -0.15) is 0 Å². The van der Waals surface area contributed by atoms with Crippen LogP contribution >= 0.6 is 0 Å². The lowest BCUT2D eigenvalue weighted by atomic mass is 10.0. The predicted molar refractivity (Wildman–Crippen MR) is 95.1 cm³/mol. The number of anilines is 1. The fourth-order valence-corrected chi connectivity index (χ4v) is 2.81. The summed E-state index contributed by atoms with van der Waals surface area (Å²) < 4.78 is 1.92. The van der Waals surface area contributed by atoms with Gasteiger partial charge in [-0.25, -0.2) is 9.97 Å². The molecule has 0 saturated heterocycles. The summed E-state index contributed by atoms with van der Waals surface area (Å²) >= 11 is 0. The summed E-state index contributed by atoms with van der Waals surface area (Å²) in [5, 5.41) is 0. The molecule has 2 heterocycles. The number of nitrogens with zero attached hydrogens (tertiary/aromatic N) is 4. The van der Waals surface area contributed by atoms with E-state index in [1.54, 1.807) is 12.5 Å². The highest BCUT2D eigenvalue weighted by Gasteiger charge is 2.08.